The van der Waals surface area contributed by atoms with Crippen LogP contribution in [0.3, 0.4) is 0 Å². The van der Waals surface area contributed by atoms with Crippen molar-refractivity contribution in [2.75, 3.05) is 19.8 Å². The largest absolute Gasteiger partial charge is 0.480 e. The molecule has 0 aliphatic carbocycles. The van der Waals surface area contributed by atoms with Crippen LogP contribution in [0, 0.1) is 0 Å². The summed E-state index contributed by atoms with van der Waals surface area (Å²) in [5.41, 5.74) is 5.32. The van der Waals surface area contributed by atoms with Gasteiger partial charge in [-0.1, -0.05) is 124 Å². The number of carbonyl (C=O) groups is 3. The molecule has 0 aromatic carbocycles. The molecule has 0 aromatic rings. The Balaban J connectivity index is 4.60. The fourth-order valence-corrected chi connectivity index (χ4v) is 5.41. The van der Waals surface area contributed by atoms with E-state index in [1.807, 2.05) is 12.2 Å². The third kappa shape index (κ3) is 37.3. The number of unbranched alkanes of at least 4 members (excludes halogenated alkanes) is 6. The van der Waals surface area contributed by atoms with E-state index in [2.05, 4.69) is 103 Å². The Bertz CT molecular complexity index is 1310. The predicted octanol–water partition coefficient (Wildman–Crippen LogP) is 10.5. The van der Waals surface area contributed by atoms with Gasteiger partial charge in [-0.05, 0) is 89.9 Å². The minimum absolute atomic E-state index is 0.0911. The van der Waals surface area contributed by atoms with Crippen LogP contribution >= 0.6 is 7.82 Å². The van der Waals surface area contributed by atoms with Gasteiger partial charge in [-0.2, -0.15) is 0 Å². The topological polar surface area (TPSA) is 172 Å². The fourth-order valence-electron chi connectivity index (χ4n) is 4.63. The molecule has 0 aromatic heterocycles. The highest BCUT2D eigenvalue weighted by molar-refractivity contribution is 7.47. The van der Waals surface area contributed by atoms with Crippen molar-refractivity contribution in [2.24, 2.45) is 5.73 Å². The Morgan fingerprint density at radius 1 is 0.571 bits per heavy atom. The molecule has 0 rings (SSSR count). The lowest BCUT2D eigenvalue weighted by molar-refractivity contribution is -0.161. The first kappa shape index (κ1) is 52.4. The maximum atomic E-state index is 12.6. The van der Waals surface area contributed by atoms with E-state index in [0.717, 1.165) is 64.2 Å². The molecule has 0 amide bonds. The zero-order chi connectivity index (χ0) is 41.4. The number of aliphatic carboxylic acids is 1. The zero-order valence-corrected chi connectivity index (χ0v) is 34.8. The van der Waals surface area contributed by atoms with Crippen LogP contribution in [0.1, 0.15) is 129 Å². The number of carbonyl (C=O) groups excluding carboxylic acids is 2. The van der Waals surface area contributed by atoms with Crippen molar-refractivity contribution in [1.82, 2.24) is 0 Å². The molecule has 11 nitrogen and oxygen atoms in total. The van der Waals surface area contributed by atoms with Gasteiger partial charge >= 0.3 is 25.7 Å². The summed E-state index contributed by atoms with van der Waals surface area (Å²) in [6.07, 6.45) is 47.7. The number of rotatable bonds is 36. The minimum Gasteiger partial charge on any atom is -0.480 e. The highest BCUT2D eigenvalue weighted by atomic mass is 31.2. The summed E-state index contributed by atoms with van der Waals surface area (Å²) in [5.74, 6) is -2.52. The standard InChI is InChI=1S/C44H70NO10P/c1-3-5-7-9-11-13-15-17-19-20-22-23-25-27-29-31-33-35-42(46)52-37-40(38-53-56(50,51)54-39-41(45)44(48)49)55-43(47)36-34-32-30-28-26-24-21-18-16-14-12-10-8-6-4-2/h6,8,11-14,17-19,21-23,26-29,40-41H,3-5,7,9-10,15-16,20,24-25,30-39,45H2,1-2H3,(H,48,49)(H,50,51)/b8-6-,13-11-,14-12-,19-17-,21-18-,23-22-,28-26-,29-27-/t40-,41+/m1/s1. The van der Waals surface area contributed by atoms with Gasteiger partial charge in [0.1, 0.15) is 12.6 Å². The molecule has 0 spiro atoms. The number of phosphoric acid groups is 1. The van der Waals surface area contributed by atoms with E-state index in [9.17, 15) is 23.8 Å². The summed E-state index contributed by atoms with van der Waals surface area (Å²) in [5, 5.41) is 8.87. The monoisotopic (exact) mass is 803 g/mol. The molecule has 0 saturated heterocycles. The summed E-state index contributed by atoms with van der Waals surface area (Å²) >= 11 is 0. The highest BCUT2D eigenvalue weighted by Gasteiger charge is 2.28. The van der Waals surface area contributed by atoms with Gasteiger partial charge < -0.3 is 25.2 Å². The first-order valence-corrected chi connectivity index (χ1v) is 21.8. The van der Waals surface area contributed by atoms with Gasteiger partial charge in [0.25, 0.3) is 0 Å². The predicted molar refractivity (Wildman–Crippen MR) is 226 cm³/mol. The third-order valence-electron chi connectivity index (χ3n) is 7.82. The molecule has 4 N–H and O–H groups in total. The zero-order valence-electron chi connectivity index (χ0n) is 33.9. The normalized spacial score (nSPS) is 14.8. The average Bonchev–Trinajstić information content (AvgIpc) is 3.17. The summed E-state index contributed by atoms with van der Waals surface area (Å²) < 4.78 is 32.5. The first-order chi connectivity index (χ1) is 27.1. The van der Waals surface area contributed by atoms with E-state index in [0.29, 0.717) is 19.3 Å². The second kappa shape index (κ2) is 38.3. The number of carboxylic acid groups (broad SMARTS) is 1. The lowest BCUT2D eigenvalue weighted by Gasteiger charge is -2.20. The summed E-state index contributed by atoms with van der Waals surface area (Å²) in [6.45, 7) is 2.53. The summed E-state index contributed by atoms with van der Waals surface area (Å²) in [4.78, 5) is 45.8. The van der Waals surface area contributed by atoms with Crippen molar-refractivity contribution in [3.8, 4) is 0 Å². The van der Waals surface area contributed by atoms with Crippen molar-refractivity contribution in [1.29, 1.82) is 0 Å². The molecular formula is C44H70NO10P. The maximum Gasteiger partial charge on any atom is 0.472 e. The van der Waals surface area contributed by atoms with Gasteiger partial charge in [0.2, 0.25) is 0 Å². The van der Waals surface area contributed by atoms with Crippen LogP contribution in [-0.2, 0) is 37.5 Å². The highest BCUT2D eigenvalue weighted by Crippen LogP contribution is 2.43. The van der Waals surface area contributed by atoms with Crippen LogP contribution in [0.2, 0.25) is 0 Å². The van der Waals surface area contributed by atoms with E-state index < -0.39 is 57.7 Å². The Morgan fingerprint density at radius 2 is 1.00 bits per heavy atom. The van der Waals surface area contributed by atoms with E-state index in [-0.39, 0.29) is 12.8 Å². The van der Waals surface area contributed by atoms with Gasteiger partial charge in [0.15, 0.2) is 6.10 Å². The fraction of sp³-hybridized carbons (Fsp3) is 0.568. The Kier molecular flexibility index (Phi) is 35.8. The lowest BCUT2D eigenvalue weighted by Crippen LogP contribution is -2.34. The van der Waals surface area contributed by atoms with Crippen LogP contribution in [0.4, 0.5) is 0 Å². The number of nitrogens with two attached hydrogens (primary N) is 1. The molecular weight excluding hydrogens is 733 g/mol. The number of hydrogen-bond acceptors (Lipinski definition) is 9. The quantitative estimate of drug-likeness (QED) is 0.0238. The molecule has 0 saturated carbocycles. The van der Waals surface area contributed by atoms with Gasteiger partial charge in [0, 0.05) is 12.8 Å². The van der Waals surface area contributed by atoms with E-state index >= 15 is 0 Å². The number of esters is 2. The molecule has 56 heavy (non-hydrogen) atoms. The molecule has 0 heterocycles. The molecule has 1 unspecified atom stereocenters. The van der Waals surface area contributed by atoms with E-state index in [1.165, 1.54) is 19.3 Å². The van der Waals surface area contributed by atoms with Crippen molar-refractivity contribution in [3.05, 3.63) is 97.2 Å². The van der Waals surface area contributed by atoms with E-state index in [1.54, 1.807) is 0 Å². The number of carboxylic acids is 1. The molecule has 0 aliphatic rings. The van der Waals surface area contributed by atoms with Crippen LogP contribution in [0.15, 0.2) is 97.2 Å². The van der Waals surface area contributed by atoms with Crippen molar-refractivity contribution >= 4 is 25.7 Å². The third-order valence-corrected chi connectivity index (χ3v) is 8.77. The number of hydrogen-bond donors (Lipinski definition) is 3. The Morgan fingerprint density at radius 3 is 1.48 bits per heavy atom. The first-order valence-electron chi connectivity index (χ1n) is 20.3. The van der Waals surface area contributed by atoms with Crippen molar-refractivity contribution < 1.29 is 47.5 Å². The van der Waals surface area contributed by atoms with Gasteiger partial charge in [-0.15, -0.1) is 0 Å². The van der Waals surface area contributed by atoms with Crippen LogP contribution in [0.25, 0.3) is 0 Å². The Hall–Kier alpha value is -3.60. The number of phosphoric ester groups is 1. The average molecular weight is 804 g/mol. The Labute approximate surface area is 336 Å². The summed E-state index contributed by atoms with van der Waals surface area (Å²) in [6, 6.07) is -1.54. The summed E-state index contributed by atoms with van der Waals surface area (Å²) in [7, 11) is -4.74. The van der Waals surface area contributed by atoms with Crippen LogP contribution in [-0.4, -0.2) is 59.9 Å². The SMILES string of the molecule is CC/C=C\C/C=C\C/C=C\C/C=C\CCCCC(=O)O[C@H](COC(=O)CCC/C=C\C/C=C\C/C=C\C/C=C\CCCCC)COP(=O)(O)OC[C@H](N)C(=O)O. The smallest absolute Gasteiger partial charge is 0.472 e. The van der Waals surface area contributed by atoms with Gasteiger partial charge in [-0.25, -0.2) is 4.57 Å². The van der Waals surface area contributed by atoms with Gasteiger partial charge in [0.05, 0.1) is 13.2 Å². The molecule has 0 bridgehead atoms. The molecule has 0 radical (unpaired) electrons. The molecule has 0 aliphatic heterocycles. The molecule has 0 fully saturated rings. The molecule has 3 atom stereocenters. The number of allylic oxidation sites excluding steroid dienone is 16. The second-order valence-electron chi connectivity index (χ2n) is 13.0. The maximum absolute atomic E-state index is 12.6. The van der Waals surface area contributed by atoms with E-state index in [4.69, 9.17) is 24.8 Å². The van der Waals surface area contributed by atoms with Crippen LogP contribution in [0.5, 0.6) is 0 Å². The lowest BCUT2D eigenvalue weighted by atomic mass is 10.2. The number of ether oxygens (including phenoxy) is 2. The van der Waals surface area contributed by atoms with Crippen LogP contribution < -0.4 is 5.73 Å². The van der Waals surface area contributed by atoms with Crippen molar-refractivity contribution in [3.63, 3.8) is 0 Å². The minimum atomic E-state index is -4.74. The molecule has 316 valence electrons. The second-order valence-corrected chi connectivity index (χ2v) is 14.5. The van der Waals surface area contributed by atoms with Crippen molar-refractivity contribution in [2.45, 2.75) is 142 Å². The molecule has 12 heteroatoms. The van der Waals surface area contributed by atoms with Gasteiger partial charge in [-0.3, -0.25) is 23.4 Å².